The zero-order valence-corrected chi connectivity index (χ0v) is 7.62. The fourth-order valence-electron chi connectivity index (χ4n) is 1.18. The van der Waals surface area contributed by atoms with Crippen LogP contribution in [0.2, 0.25) is 0 Å². The Balaban J connectivity index is 3.05. The van der Waals surface area contributed by atoms with Crippen molar-refractivity contribution in [2.75, 3.05) is 13.2 Å². The van der Waals surface area contributed by atoms with Gasteiger partial charge in [-0.3, -0.25) is 0 Å². The molecule has 0 unspecified atom stereocenters. The van der Waals surface area contributed by atoms with Crippen molar-refractivity contribution < 1.29 is 15.1 Å². The molecule has 0 fully saturated rings. The average Bonchev–Trinajstić information content (AvgIpc) is 2.51. The van der Waals surface area contributed by atoms with E-state index in [4.69, 9.17) is 10.2 Å². The minimum atomic E-state index is -0.575. The predicted octanol–water partition coefficient (Wildman–Crippen LogP) is -0.604. The molecule has 1 heterocycles. The number of nitro groups is 1. The van der Waals surface area contributed by atoms with E-state index >= 15 is 0 Å². The Morgan fingerprint density at radius 2 is 2.21 bits per heavy atom. The normalized spacial score (nSPS) is 10.9. The largest absolute Gasteiger partial charge is 0.395 e. The summed E-state index contributed by atoms with van der Waals surface area (Å²) in [6, 6.07) is 0. The van der Waals surface area contributed by atoms with Crippen LogP contribution in [0, 0.1) is 10.1 Å². The summed E-state index contributed by atoms with van der Waals surface area (Å²) >= 11 is 0. The van der Waals surface area contributed by atoms with Gasteiger partial charge in [0.15, 0.2) is 0 Å². The van der Waals surface area contributed by atoms with Crippen LogP contribution in [0.25, 0.3) is 0 Å². The van der Waals surface area contributed by atoms with Gasteiger partial charge in [0.25, 0.3) is 0 Å². The summed E-state index contributed by atoms with van der Waals surface area (Å²) in [5.74, 6) is -0.428. The van der Waals surface area contributed by atoms with Crippen LogP contribution in [0.1, 0.15) is 11.7 Å². The van der Waals surface area contributed by atoms with Gasteiger partial charge in [-0.25, -0.2) is 9.55 Å². The molecule has 0 saturated heterocycles. The molecule has 0 radical (unpaired) electrons. The van der Waals surface area contributed by atoms with E-state index in [2.05, 4.69) is 4.98 Å². The van der Waals surface area contributed by atoms with Gasteiger partial charge in [-0.1, -0.05) is 0 Å². The quantitative estimate of drug-likeness (QED) is 0.500. The highest BCUT2D eigenvalue weighted by Crippen LogP contribution is 2.18. The molecule has 0 spiro atoms. The second-order valence-corrected chi connectivity index (χ2v) is 2.85. The smallest absolute Gasteiger partial charge is 0.342 e. The van der Waals surface area contributed by atoms with Crippen molar-refractivity contribution >= 4 is 5.82 Å². The Bertz CT molecular complexity index is 332. The summed E-state index contributed by atoms with van der Waals surface area (Å²) in [4.78, 5) is 13.7. The Kier molecular flexibility index (Phi) is 3.15. The van der Waals surface area contributed by atoms with Gasteiger partial charge in [0.1, 0.15) is 6.20 Å². The molecule has 78 valence electrons. The van der Waals surface area contributed by atoms with Gasteiger partial charge in [-0.2, -0.15) is 0 Å². The molecule has 1 rings (SSSR count). The molecule has 0 aromatic carbocycles. The maximum Gasteiger partial charge on any atom is 0.342 e. The van der Waals surface area contributed by atoms with Gasteiger partial charge in [-0.05, 0) is 4.92 Å². The Hall–Kier alpha value is -1.47. The SMILES string of the molecule is Cn1c([N+](=O)[O-])cnc1C(CO)CO. The number of rotatable bonds is 4. The molecule has 2 N–H and O–H groups in total. The lowest BCUT2D eigenvalue weighted by Gasteiger charge is -2.06. The maximum absolute atomic E-state index is 10.5. The van der Waals surface area contributed by atoms with E-state index in [1.165, 1.54) is 11.6 Å². The lowest BCUT2D eigenvalue weighted by Crippen LogP contribution is -2.14. The lowest BCUT2D eigenvalue weighted by molar-refractivity contribution is -0.391. The van der Waals surface area contributed by atoms with Crippen molar-refractivity contribution in [3.8, 4) is 0 Å². The molecule has 0 aliphatic carbocycles. The first-order valence-electron chi connectivity index (χ1n) is 3.99. The van der Waals surface area contributed by atoms with E-state index in [-0.39, 0.29) is 19.0 Å². The van der Waals surface area contributed by atoms with Gasteiger partial charge in [0.2, 0.25) is 5.82 Å². The van der Waals surface area contributed by atoms with Crippen molar-refractivity contribution in [1.82, 2.24) is 9.55 Å². The zero-order valence-electron chi connectivity index (χ0n) is 7.62. The van der Waals surface area contributed by atoms with Crippen molar-refractivity contribution in [3.05, 3.63) is 22.1 Å². The van der Waals surface area contributed by atoms with Crippen molar-refractivity contribution in [2.45, 2.75) is 5.92 Å². The molecule has 0 bridgehead atoms. The van der Waals surface area contributed by atoms with Gasteiger partial charge in [-0.15, -0.1) is 0 Å². The molecule has 7 heteroatoms. The molecule has 1 aromatic rings. The predicted molar refractivity (Wildman–Crippen MR) is 46.8 cm³/mol. The first-order valence-corrected chi connectivity index (χ1v) is 3.99. The van der Waals surface area contributed by atoms with Gasteiger partial charge in [0, 0.05) is 0 Å². The van der Waals surface area contributed by atoms with E-state index in [0.29, 0.717) is 5.82 Å². The maximum atomic E-state index is 10.5. The fraction of sp³-hybridized carbons (Fsp3) is 0.571. The second-order valence-electron chi connectivity index (χ2n) is 2.85. The third kappa shape index (κ3) is 1.73. The van der Waals surface area contributed by atoms with Gasteiger partial charge < -0.3 is 20.3 Å². The first kappa shape index (κ1) is 10.6. The standard InChI is InChI=1S/C7H11N3O4/c1-9-6(10(13)14)2-8-7(9)5(3-11)4-12/h2,5,11-12H,3-4H2,1H3. The van der Waals surface area contributed by atoms with Crippen molar-refractivity contribution in [2.24, 2.45) is 7.05 Å². The summed E-state index contributed by atoms with van der Waals surface area (Å²) in [5, 5.41) is 28.2. The Morgan fingerprint density at radius 3 is 2.57 bits per heavy atom. The fourth-order valence-corrected chi connectivity index (χ4v) is 1.18. The van der Waals surface area contributed by atoms with E-state index < -0.39 is 10.8 Å². The molecule has 1 aromatic heterocycles. The molecule has 14 heavy (non-hydrogen) atoms. The number of aliphatic hydroxyl groups is 2. The molecule has 0 atom stereocenters. The van der Waals surface area contributed by atoms with E-state index in [1.807, 2.05) is 0 Å². The lowest BCUT2D eigenvalue weighted by atomic mass is 10.1. The topological polar surface area (TPSA) is 101 Å². The minimum Gasteiger partial charge on any atom is -0.395 e. The van der Waals surface area contributed by atoms with E-state index in [0.717, 1.165) is 6.20 Å². The molecule has 0 amide bonds. The summed E-state index contributed by atoms with van der Waals surface area (Å²) in [6.07, 6.45) is 1.10. The zero-order chi connectivity index (χ0) is 10.7. The van der Waals surface area contributed by atoms with Crippen molar-refractivity contribution in [1.29, 1.82) is 0 Å². The van der Waals surface area contributed by atoms with Crippen LogP contribution < -0.4 is 0 Å². The number of aromatic nitrogens is 2. The molecular formula is C7H11N3O4. The highest BCUT2D eigenvalue weighted by molar-refractivity contribution is 5.20. The summed E-state index contributed by atoms with van der Waals surface area (Å²) in [5.41, 5.74) is 0. The number of aliphatic hydroxyl groups excluding tert-OH is 2. The molecule has 0 aliphatic heterocycles. The molecule has 7 nitrogen and oxygen atoms in total. The van der Waals surface area contributed by atoms with Crippen LogP contribution in [0.5, 0.6) is 0 Å². The van der Waals surface area contributed by atoms with Crippen LogP contribution >= 0.6 is 0 Å². The van der Waals surface area contributed by atoms with Crippen LogP contribution in [0.15, 0.2) is 6.20 Å². The van der Waals surface area contributed by atoms with Crippen LogP contribution in [0.4, 0.5) is 5.82 Å². The third-order valence-electron chi connectivity index (χ3n) is 1.99. The van der Waals surface area contributed by atoms with Gasteiger partial charge in [0.05, 0.1) is 26.2 Å². The summed E-state index contributed by atoms with van der Waals surface area (Å²) in [6.45, 7) is -0.586. The van der Waals surface area contributed by atoms with Crippen LogP contribution in [-0.4, -0.2) is 37.9 Å². The number of nitrogens with zero attached hydrogens (tertiary/aromatic N) is 3. The number of hydrogen-bond acceptors (Lipinski definition) is 5. The second kappa shape index (κ2) is 4.16. The van der Waals surface area contributed by atoms with E-state index in [1.54, 1.807) is 0 Å². The number of hydrogen-bond donors (Lipinski definition) is 2. The van der Waals surface area contributed by atoms with E-state index in [9.17, 15) is 10.1 Å². The minimum absolute atomic E-state index is 0.160. The first-order chi connectivity index (χ1) is 6.61. The summed E-state index contributed by atoms with van der Waals surface area (Å²) in [7, 11) is 1.47. The molecule has 0 aliphatic rings. The third-order valence-corrected chi connectivity index (χ3v) is 1.99. The highest BCUT2D eigenvalue weighted by atomic mass is 16.6. The van der Waals surface area contributed by atoms with Crippen molar-refractivity contribution in [3.63, 3.8) is 0 Å². The Labute approximate surface area is 79.8 Å². The average molecular weight is 201 g/mol. The van der Waals surface area contributed by atoms with Gasteiger partial charge >= 0.3 is 5.82 Å². The molecule has 0 saturated carbocycles. The summed E-state index contributed by atoms with van der Waals surface area (Å²) < 4.78 is 1.25. The van der Waals surface area contributed by atoms with Crippen LogP contribution in [-0.2, 0) is 7.05 Å². The number of imidazole rings is 1. The monoisotopic (exact) mass is 201 g/mol. The Morgan fingerprint density at radius 1 is 1.64 bits per heavy atom. The van der Waals surface area contributed by atoms with Crippen LogP contribution in [0.3, 0.4) is 0 Å². The highest BCUT2D eigenvalue weighted by Gasteiger charge is 2.23. The molecular weight excluding hydrogens is 190 g/mol.